The second kappa shape index (κ2) is 9.61. The molecular weight excluding hydrogens is 370 g/mol. The number of aliphatic imine (C=N–C) groups is 1. The number of hydrogen-bond donors (Lipinski definition) is 2. The van der Waals surface area contributed by atoms with Crippen LogP contribution >= 0.6 is 11.3 Å². The molecule has 1 saturated heterocycles. The average molecular weight is 398 g/mol. The number of hydrogen-bond acceptors (Lipinski definition) is 6. The first kappa shape index (κ1) is 20.2. The lowest BCUT2D eigenvalue weighted by atomic mass is 10.2. The molecule has 0 bridgehead atoms. The summed E-state index contributed by atoms with van der Waals surface area (Å²) in [5, 5.41) is 5.84. The average Bonchev–Trinajstić information content (AvgIpc) is 3.38. The molecule has 1 atom stereocenters. The number of carbonyl (C=O) groups excluding carboxylic acids is 1. The molecule has 1 aromatic carbocycles. The number of allylic oxidation sites excluding steroid dienone is 1. The number of amides is 1. The van der Waals surface area contributed by atoms with Gasteiger partial charge in [-0.15, -0.1) is 11.3 Å². The maximum absolute atomic E-state index is 13.0. The highest BCUT2D eigenvalue weighted by molar-refractivity contribution is 7.11. The molecule has 148 valence electrons. The third-order valence-electron chi connectivity index (χ3n) is 4.70. The van der Waals surface area contributed by atoms with Gasteiger partial charge in [0.05, 0.1) is 5.69 Å². The van der Waals surface area contributed by atoms with E-state index in [1.807, 2.05) is 41.5 Å². The summed E-state index contributed by atoms with van der Waals surface area (Å²) in [5.74, 6) is -0.00922. The van der Waals surface area contributed by atoms with Crippen molar-refractivity contribution >= 4 is 34.7 Å². The summed E-state index contributed by atoms with van der Waals surface area (Å²) < 4.78 is 0. The van der Waals surface area contributed by atoms with E-state index in [0.29, 0.717) is 16.3 Å². The molecule has 1 aliphatic heterocycles. The molecule has 3 N–H and O–H groups in total. The third kappa shape index (κ3) is 4.85. The number of aryl methyl sites for hydroxylation is 1. The number of aromatic nitrogens is 1. The van der Waals surface area contributed by atoms with E-state index in [1.54, 1.807) is 6.21 Å². The zero-order chi connectivity index (χ0) is 19.9. The van der Waals surface area contributed by atoms with E-state index in [0.717, 1.165) is 43.7 Å². The third-order valence-corrected chi connectivity index (χ3v) is 5.60. The fraction of sp³-hybridized carbons (Fsp3) is 0.381. The molecule has 0 saturated carbocycles. The van der Waals surface area contributed by atoms with E-state index in [2.05, 4.69) is 22.2 Å². The maximum atomic E-state index is 13.0. The van der Waals surface area contributed by atoms with Crippen LogP contribution in [0.2, 0.25) is 0 Å². The van der Waals surface area contributed by atoms with Crippen LogP contribution in [0.4, 0.5) is 5.69 Å². The van der Waals surface area contributed by atoms with Gasteiger partial charge in [0.1, 0.15) is 10.7 Å². The SMILES string of the molecule is CCCN(C(=O)c1csc(/C(C=Nc2cccc(C)c2)=C/N)n1)[C@@H]1CCNC1. The number of benzene rings is 1. The van der Waals surface area contributed by atoms with Crippen molar-refractivity contribution in [2.24, 2.45) is 10.7 Å². The largest absolute Gasteiger partial charge is 0.404 e. The summed E-state index contributed by atoms with van der Waals surface area (Å²) in [4.78, 5) is 24.0. The van der Waals surface area contributed by atoms with Gasteiger partial charge in [-0.1, -0.05) is 19.1 Å². The molecule has 0 radical (unpaired) electrons. The van der Waals surface area contributed by atoms with Gasteiger partial charge in [0, 0.05) is 42.5 Å². The Kier molecular flexibility index (Phi) is 6.95. The molecule has 3 rings (SSSR count). The lowest BCUT2D eigenvalue weighted by Gasteiger charge is -2.27. The number of nitrogens with one attached hydrogen (secondary N) is 1. The molecule has 2 heterocycles. The van der Waals surface area contributed by atoms with Crippen molar-refractivity contribution in [3.63, 3.8) is 0 Å². The van der Waals surface area contributed by atoms with Crippen LogP contribution in [0.3, 0.4) is 0 Å². The fourth-order valence-electron chi connectivity index (χ4n) is 3.27. The topological polar surface area (TPSA) is 83.6 Å². The minimum absolute atomic E-state index is 0.00922. The Labute approximate surface area is 170 Å². The number of rotatable bonds is 7. The lowest BCUT2D eigenvalue weighted by Crippen LogP contribution is -2.42. The van der Waals surface area contributed by atoms with Gasteiger partial charge in [0.2, 0.25) is 0 Å². The standard InChI is InChI=1S/C21H27N5OS/c1-3-9-26(18-7-8-23-13-18)21(27)19-14-28-20(25-19)16(11-22)12-24-17-6-4-5-15(2)10-17/h4-6,10-12,14,18,23H,3,7-9,13,22H2,1-2H3/b16-11+,24-12?/t18-/m1/s1. The number of nitrogens with two attached hydrogens (primary N) is 1. The number of carbonyl (C=O) groups is 1. The van der Waals surface area contributed by atoms with E-state index in [9.17, 15) is 4.79 Å². The quantitative estimate of drug-likeness (QED) is 0.702. The highest BCUT2D eigenvalue weighted by Crippen LogP contribution is 2.22. The van der Waals surface area contributed by atoms with Gasteiger partial charge in [0.15, 0.2) is 0 Å². The Hall–Kier alpha value is -2.51. The Morgan fingerprint density at radius 2 is 2.36 bits per heavy atom. The Balaban J connectivity index is 1.76. The summed E-state index contributed by atoms with van der Waals surface area (Å²) in [5.41, 5.74) is 8.98. The summed E-state index contributed by atoms with van der Waals surface area (Å²) in [6.45, 7) is 6.66. The molecule has 0 spiro atoms. The Morgan fingerprint density at radius 3 is 3.04 bits per heavy atom. The minimum atomic E-state index is -0.00922. The molecule has 1 fully saturated rings. The predicted molar refractivity (Wildman–Crippen MR) is 116 cm³/mol. The van der Waals surface area contributed by atoms with Crippen molar-refractivity contribution in [1.82, 2.24) is 15.2 Å². The number of thiazole rings is 1. The van der Waals surface area contributed by atoms with Crippen molar-refractivity contribution in [3.05, 3.63) is 52.1 Å². The van der Waals surface area contributed by atoms with Gasteiger partial charge in [0.25, 0.3) is 5.91 Å². The lowest BCUT2D eigenvalue weighted by molar-refractivity contribution is 0.0687. The maximum Gasteiger partial charge on any atom is 0.273 e. The second-order valence-electron chi connectivity index (χ2n) is 6.90. The van der Waals surface area contributed by atoms with Crippen LogP contribution in [0, 0.1) is 6.92 Å². The van der Waals surface area contributed by atoms with Crippen LogP contribution in [-0.2, 0) is 0 Å². The first-order valence-corrected chi connectivity index (χ1v) is 10.5. The van der Waals surface area contributed by atoms with Crippen LogP contribution in [0.1, 0.15) is 40.8 Å². The zero-order valence-corrected chi connectivity index (χ0v) is 17.2. The molecule has 1 aromatic heterocycles. The van der Waals surface area contributed by atoms with E-state index in [4.69, 9.17) is 5.73 Å². The molecule has 6 nitrogen and oxygen atoms in total. The zero-order valence-electron chi connectivity index (χ0n) is 16.4. The molecule has 0 aliphatic carbocycles. The van der Waals surface area contributed by atoms with Crippen molar-refractivity contribution in [2.75, 3.05) is 19.6 Å². The summed E-state index contributed by atoms with van der Waals surface area (Å²) in [6.07, 6.45) is 5.10. The predicted octanol–water partition coefficient (Wildman–Crippen LogP) is 3.37. The van der Waals surface area contributed by atoms with Gasteiger partial charge >= 0.3 is 0 Å². The monoisotopic (exact) mass is 397 g/mol. The highest BCUT2D eigenvalue weighted by Gasteiger charge is 2.28. The first-order valence-electron chi connectivity index (χ1n) is 9.62. The normalized spacial score (nSPS) is 17.4. The molecular formula is C21H27N5OS. The van der Waals surface area contributed by atoms with E-state index in [1.165, 1.54) is 17.5 Å². The van der Waals surface area contributed by atoms with E-state index < -0.39 is 0 Å². The van der Waals surface area contributed by atoms with Crippen LogP contribution in [0.5, 0.6) is 0 Å². The van der Waals surface area contributed by atoms with Crippen LogP contribution in [0.25, 0.3) is 5.57 Å². The molecule has 2 aromatic rings. The van der Waals surface area contributed by atoms with Gasteiger partial charge in [-0.3, -0.25) is 9.79 Å². The summed E-state index contributed by atoms with van der Waals surface area (Å²) in [6, 6.07) is 8.17. The van der Waals surface area contributed by atoms with E-state index >= 15 is 0 Å². The number of nitrogens with zero attached hydrogens (tertiary/aromatic N) is 3. The van der Waals surface area contributed by atoms with Crippen LogP contribution in [0.15, 0.2) is 40.8 Å². The molecule has 0 unspecified atom stereocenters. The Bertz CT molecular complexity index is 867. The second-order valence-corrected chi connectivity index (χ2v) is 7.76. The van der Waals surface area contributed by atoms with Crippen LogP contribution < -0.4 is 11.1 Å². The van der Waals surface area contributed by atoms with Crippen molar-refractivity contribution in [3.8, 4) is 0 Å². The van der Waals surface area contributed by atoms with Gasteiger partial charge in [-0.2, -0.15) is 0 Å². The molecule has 1 aliphatic rings. The molecule has 7 heteroatoms. The van der Waals surface area contributed by atoms with Crippen molar-refractivity contribution < 1.29 is 4.79 Å². The highest BCUT2D eigenvalue weighted by atomic mass is 32.1. The smallest absolute Gasteiger partial charge is 0.273 e. The van der Waals surface area contributed by atoms with Crippen molar-refractivity contribution in [2.45, 2.75) is 32.7 Å². The first-order chi connectivity index (χ1) is 13.6. The molecule has 1 amide bonds. The minimum Gasteiger partial charge on any atom is -0.404 e. The van der Waals surface area contributed by atoms with Crippen molar-refractivity contribution in [1.29, 1.82) is 0 Å². The summed E-state index contributed by atoms with van der Waals surface area (Å²) >= 11 is 1.41. The fourth-order valence-corrected chi connectivity index (χ4v) is 4.05. The van der Waals surface area contributed by atoms with Crippen LogP contribution in [-0.4, -0.2) is 47.7 Å². The summed E-state index contributed by atoms with van der Waals surface area (Å²) in [7, 11) is 0. The Morgan fingerprint density at radius 1 is 1.50 bits per heavy atom. The van der Waals surface area contributed by atoms with Gasteiger partial charge in [-0.05, 0) is 44.0 Å². The molecule has 28 heavy (non-hydrogen) atoms. The van der Waals surface area contributed by atoms with Gasteiger partial charge in [-0.25, -0.2) is 4.98 Å². The van der Waals surface area contributed by atoms with E-state index in [-0.39, 0.29) is 11.9 Å². The van der Waals surface area contributed by atoms with Gasteiger partial charge < -0.3 is 16.0 Å².